The molecule has 1 rings (SSSR count). The molecule has 5 nitrogen and oxygen atoms in total. The van der Waals surface area contributed by atoms with Crippen molar-refractivity contribution in [1.82, 2.24) is 4.90 Å². The van der Waals surface area contributed by atoms with Gasteiger partial charge in [-0.25, -0.2) is 0 Å². The molecule has 25 heavy (non-hydrogen) atoms. The van der Waals surface area contributed by atoms with Crippen LogP contribution in [0, 0.1) is 17.8 Å². The Hall–Kier alpha value is -1.80. The molecule has 140 valence electrons. The minimum absolute atomic E-state index is 0.0608. The predicted octanol–water partition coefficient (Wildman–Crippen LogP) is 2.98. The van der Waals surface area contributed by atoms with Crippen LogP contribution in [0.2, 0.25) is 0 Å². The number of rotatable bonds is 11. The first-order valence-corrected chi connectivity index (χ1v) is 9.23. The van der Waals surface area contributed by atoms with Crippen molar-refractivity contribution >= 4 is 11.9 Å². The number of amides is 1. The van der Waals surface area contributed by atoms with Crippen molar-refractivity contribution in [1.29, 1.82) is 0 Å². The van der Waals surface area contributed by atoms with Crippen molar-refractivity contribution in [3.63, 3.8) is 0 Å². The van der Waals surface area contributed by atoms with Crippen molar-refractivity contribution in [2.45, 2.75) is 77.4 Å². The Morgan fingerprint density at radius 3 is 2.76 bits per heavy atom. The molecule has 0 unspecified atom stereocenters. The molecule has 1 saturated heterocycles. The summed E-state index contributed by atoms with van der Waals surface area (Å²) in [5.74, 6) is 5.30. The second kappa shape index (κ2) is 11.7. The molecule has 2 N–H and O–H groups in total. The van der Waals surface area contributed by atoms with Gasteiger partial charge in [-0.05, 0) is 32.1 Å². The van der Waals surface area contributed by atoms with E-state index in [9.17, 15) is 14.7 Å². The van der Waals surface area contributed by atoms with Gasteiger partial charge in [-0.2, -0.15) is 0 Å². The number of aliphatic hydroxyl groups excluding tert-OH is 1. The van der Waals surface area contributed by atoms with E-state index < -0.39 is 12.1 Å². The fourth-order valence-corrected chi connectivity index (χ4v) is 2.97. The van der Waals surface area contributed by atoms with E-state index in [1.54, 1.807) is 13.0 Å². The molecule has 1 fully saturated rings. The Bertz CT molecular complexity index is 518. The van der Waals surface area contributed by atoms with Gasteiger partial charge in [0.2, 0.25) is 5.91 Å². The Balaban J connectivity index is 2.39. The number of unbranched alkanes of at least 4 members (excludes halogenated alkanes) is 3. The first-order chi connectivity index (χ1) is 12.0. The lowest BCUT2D eigenvalue weighted by Gasteiger charge is -2.23. The third kappa shape index (κ3) is 8.22. The molecule has 0 radical (unpaired) electrons. The monoisotopic (exact) mass is 349 g/mol. The number of aliphatic hydroxyl groups is 1. The standard InChI is InChI=1S/C20H31NO4/c1-3-4-9-16(2)18(22)13-11-17-12-14-19(23)21(17)15-8-6-5-7-10-20(24)25/h11,13,16-18,22H,5-10,12,14-15H2,1-2H3,(H,24,25)/t16-,17+,18+/m1/s1. The summed E-state index contributed by atoms with van der Waals surface area (Å²) < 4.78 is 0. The molecule has 5 heteroatoms. The molecule has 0 aromatic heterocycles. The first kappa shape index (κ1) is 21.2. The second-order valence-corrected chi connectivity index (χ2v) is 6.73. The maximum Gasteiger partial charge on any atom is 0.303 e. The van der Waals surface area contributed by atoms with Crippen LogP contribution in [0.25, 0.3) is 0 Å². The number of carbonyl (C=O) groups excluding carboxylic acids is 1. The van der Waals surface area contributed by atoms with E-state index in [0.717, 1.165) is 25.7 Å². The van der Waals surface area contributed by atoms with Gasteiger partial charge in [-0.3, -0.25) is 9.59 Å². The number of hydrogen-bond donors (Lipinski definition) is 2. The molecule has 1 aliphatic rings. The SMILES string of the molecule is CC#CC[C@@H](C)[C@@H](O)C=C[C@H]1CCC(=O)N1CCCCCCC(=O)O. The van der Waals surface area contributed by atoms with E-state index in [2.05, 4.69) is 11.8 Å². The van der Waals surface area contributed by atoms with Crippen LogP contribution >= 0.6 is 0 Å². The Kier molecular flexibility index (Phi) is 9.94. The van der Waals surface area contributed by atoms with Crippen molar-refractivity contribution in [2.24, 2.45) is 5.92 Å². The fourth-order valence-electron chi connectivity index (χ4n) is 2.97. The van der Waals surface area contributed by atoms with Crippen molar-refractivity contribution in [3.8, 4) is 11.8 Å². The molecule has 0 bridgehead atoms. The van der Waals surface area contributed by atoms with Gasteiger partial charge in [0.05, 0.1) is 12.1 Å². The molecule has 0 spiro atoms. The largest absolute Gasteiger partial charge is 0.481 e. The van der Waals surface area contributed by atoms with E-state index in [4.69, 9.17) is 5.11 Å². The van der Waals surface area contributed by atoms with E-state index in [-0.39, 0.29) is 24.3 Å². The quantitative estimate of drug-likeness (QED) is 0.341. The molecule has 1 aliphatic heterocycles. The number of carboxylic acids is 1. The van der Waals surface area contributed by atoms with Gasteiger partial charge in [0.25, 0.3) is 0 Å². The minimum Gasteiger partial charge on any atom is -0.481 e. The molecule has 1 heterocycles. The highest BCUT2D eigenvalue weighted by molar-refractivity contribution is 5.79. The van der Waals surface area contributed by atoms with E-state index >= 15 is 0 Å². The lowest BCUT2D eigenvalue weighted by atomic mass is 10.00. The van der Waals surface area contributed by atoms with Crippen LogP contribution in [0.15, 0.2) is 12.2 Å². The summed E-state index contributed by atoms with van der Waals surface area (Å²) >= 11 is 0. The van der Waals surface area contributed by atoms with Crippen LogP contribution in [0.3, 0.4) is 0 Å². The van der Waals surface area contributed by atoms with Crippen molar-refractivity contribution in [3.05, 3.63) is 12.2 Å². The summed E-state index contributed by atoms with van der Waals surface area (Å²) in [5.41, 5.74) is 0. The molecule has 0 saturated carbocycles. The van der Waals surface area contributed by atoms with Gasteiger partial charge in [0, 0.05) is 25.8 Å². The van der Waals surface area contributed by atoms with E-state index in [1.165, 1.54) is 0 Å². The Morgan fingerprint density at radius 2 is 2.08 bits per heavy atom. The molecule has 0 aromatic rings. The summed E-state index contributed by atoms with van der Waals surface area (Å²) in [6.07, 6.45) is 8.82. The summed E-state index contributed by atoms with van der Waals surface area (Å²) in [7, 11) is 0. The lowest BCUT2D eigenvalue weighted by molar-refractivity contribution is -0.137. The average molecular weight is 349 g/mol. The molecule has 0 aromatic carbocycles. The first-order valence-electron chi connectivity index (χ1n) is 9.23. The summed E-state index contributed by atoms with van der Waals surface area (Å²) in [5, 5.41) is 18.8. The highest BCUT2D eigenvalue weighted by Crippen LogP contribution is 2.21. The zero-order valence-electron chi connectivity index (χ0n) is 15.4. The average Bonchev–Trinajstić information content (AvgIpc) is 2.93. The van der Waals surface area contributed by atoms with Crippen LogP contribution in [0.1, 0.15) is 65.2 Å². The zero-order valence-corrected chi connectivity index (χ0v) is 15.4. The van der Waals surface area contributed by atoms with Crippen LogP contribution < -0.4 is 0 Å². The molecular formula is C20H31NO4. The molecule has 0 aliphatic carbocycles. The Morgan fingerprint density at radius 1 is 1.36 bits per heavy atom. The van der Waals surface area contributed by atoms with Crippen molar-refractivity contribution in [2.75, 3.05) is 6.54 Å². The number of nitrogens with zero attached hydrogens (tertiary/aromatic N) is 1. The number of hydrogen-bond acceptors (Lipinski definition) is 3. The van der Waals surface area contributed by atoms with Gasteiger partial charge < -0.3 is 15.1 Å². The van der Waals surface area contributed by atoms with Crippen LogP contribution in [-0.4, -0.2) is 45.7 Å². The molecular weight excluding hydrogens is 318 g/mol. The third-order valence-electron chi connectivity index (χ3n) is 4.63. The normalized spacial score (nSPS) is 19.7. The van der Waals surface area contributed by atoms with Gasteiger partial charge in [0.15, 0.2) is 0 Å². The molecule has 1 amide bonds. The van der Waals surface area contributed by atoms with Crippen LogP contribution in [-0.2, 0) is 9.59 Å². The number of carbonyl (C=O) groups is 2. The summed E-state index contributed by atoms with van der Waals surface area (Å²) in [6, 6.07) is 0.0608. The van der Waals surface area contributed by atoms with E-state index in [1.807, 2.05) is 17.9 Å². The summed E-state index contributed by atoms with van der Waals surface area (Å²) in [4.78, 5) is 24.4. The van der Waals surface area contributed by atoms with Gasteiger partial charge in [-0.15, -0.1) is 11.8 Å². The topological polar surface area (TPSA) is 77.8 Å². The van der Waals surface area contributed by atoms with E-state index in [0.29, 0.717) is 25.8 Å². The number of likely N-dealkylation sites (tertiary alicyclic amines) is 1. The van der Waals surface area contributed by atoms with Gasteiger partial charge >= 0.3 is 5.97 Å². The van der Waals surface area contributed by atoms with Crippen LogP contribution in [0.5, 0.6) is 0 Å². The second-order valence-electron chi connectivity index (χ2n) is 6.73. The highest BCUT2D eigenvalue weighted by atomic mass is 16.4. The smallest absolute Gasteiger partial charge is 0.303 e. The molecule has 3 atom stereocenters. The minimum atomic E-state index is -0.752. The summed E-state index contributed by atoms with van der Waals surface area (Å²) in [6.45, 7) is 4.46. The van der Waals surface area contributed by atoms with Gasteiger partial charge in [-0.1, -0.05) is 31.9 Å². The number of carboxylic acid groups (broad SMARTS) is 1. The predicted molar refractivity (Wildman–Crippen MR) is 97.8 cm³/mol. The zero-order chi connectivity index (χ0) is 18.7. The highest BCUT2D eigenvalue weighted by Gasteiger charge is 2.28. The van der Waals surface area contributed by atoms with Gasteiger partial charge in [0.1, 0.15) is 0 Å². The fraction of sp³-hybridized carbons (Fsp3) is 0.700. The van der Waals surface area contributed by atoms with Crippen LogP contribution in [0.4, 0.5) is 0 Å². The maximum absolute atomic E-state index is 12.0. The number of aliphatic carboxylic acids is 1. The van der Waals surface area contributed by atoms with Crippen molar-refractivity contribution < 1.29 is 19.8 Å². The Labute approximate surface area is 151 Å². The third-order valence-corrected chi connectivity index (χ3v) is 4.63. The lowest BCUT2D eigenvalue weighted by Crippen LogP contribution is -2.33. The maximum atomic E-state index is 12.0.